The molecule has 1 unspecified atom stereocenters. The van der Waals surface area contributed by atoms with Gasteiger partial charge in [-0.3, -0.25) is 0 Å². The summed E-state index contributed by atoms with van der Waals surface area (Å²) in [5, 5.41) is 11.4. The number of hydrogen-bond donors (Lipinski definition) is 1. The smallest absolute Gasteiger partial charge is 0.139 e. The van der Waals surface area contributed by atoms with E-state index in [0.29, 0.717) is 0 Å². The van der Waals surface area contributed by atoms with Crippen LogP contribution in [0.3, 0.4) is 0 Å². The fourth-order valence-electron chi connectivity index (χ4n) is 2.19. The summed E-state index contributed by atoms with van der Waals surface area (Å²) in [6, 6.07) is 0. The molecule has 1 N–H and O–H groups in total. The summed E-state index contributed by atoms with van der Waals surface area (Å²) >= 11 is 0. The SMILES string of the molecule is CC(C)(C)C1CC(C)(C)N(O)C(C)(C)O1. The van der Waals surface area contributed by atoms with Gasteiger partial charge in [0.05, 0.1) is 6.10 Å². The van der Waals surface area contributed by atoms with Crippen LogP contribution in [0.4, 0.5) is 0 Å². The lowest BCUT2D eigenvalue weighted by molar-refractivity contribution is -0.363. The maximum atomic E-state index is 10.1. The van der Waals surface area contributed by atoms with Crippen LogP contribution in [0, 0.1) is 5.41 Å². The monoisotopic (exact) mass is 215 g/mol. The molecule has 0 bridgehead atoms. The number of hydrogen-bond acceptors (Lipinski definition) is 3. The van der Waals surface area contributed by atoms with Crippen LogP contribution in [-0.2, 0) is 4.74 Å². The second kappa shape index (κ2) is 3.44. The van der Waals surface area contributed by atoms with Gasteiger partial charge in [-0.1, -0.05) is 20.8 Å². The van der Waals surface area contributed by atoms with E-state index in [2.05, 4.69) is 34.6 Å². The lowest BCUT2D eigenvalue weighted by atomic mass is 9.79. The molecule has 0 spiro atoms. The van der Waals surface area contributed by atoms with E-state index in [1.54, 1.807) is 0 Å². The topological polar surface area (TPSA) is 32.7 Å². The second-order valence-electron chi connectivity index (χ2n) is 6.75. The van der Waals surface area contributed by atoms with Crippen LogP contribution in [0.1, 0.15) is 54.9 Å². The van der Waals surface area contributed by atoms with E-state index in [1.807, 2.05) is 13.8 Å². The molecule has 0 amide bonds. The minimum atomic E-state index is -0.611. The first kappa shape index (κ1) is 12.9. The Morgan fingerprint density at radius 3 is 2.00 bits per heavy atom. The standard InChI is InChI=1S/C12H25NO2/c1-10(2,3)9-8-11(4,5)13(14)12(6,7)15-9/h9,14H,8H2,1-7H3. The van der Waals surface area contributed by atoms with E-state index in [1.165, 1.54) is 5.06 Å². The zero-order chi connectivity index (χ0) is 12.1. The molecular formula is C12H25NO2. The first-order valence-electron chi connectivity index (χ1n) is 5.64. The highest BCUT2D eigenvalue weighted by Gasteiger charge is 2.48. The highest BCUT2D eigenvalue weighted by Crippen LogP contribution is 2.41. The molecule has 3 nitrogen and oxygen atoms in total. The maximum absolute atomic E-state index is 10.1. The minimum absolute atomic E-state index is 0.107. The highest BCUT2D eigenvalue weighted by atomic mass is 16.6. The molecule has 1 atom stereocenters. The van der Waals surface area contributed by atoms with E-state index in [4.69, 9.17) is 4.74 Å². The molecule has 1 saturated heterocycles. The summed E-state index contributed by atoms with van der Waals surface area (Å²) in [5.41, 5.74) is -0.741. The van der Waals surface area contributed by atoms with E-state index in [9.17, 15) is 5.21 Å². The van der Waals surface area contributed by atoms with Crippen LogP contribution in [0.15, 0.2) is 0 Å². The highest BCUT2D eigenvalue weighted by molar-refractivity contribution is 4.94. The van der Waals surface area contributed by atoms with Gasteiger partial charge < -0.3 is 9.94 Å². The molecule has 90 valence electrons. The lowest BCUT2D eigenvalue weighted by Crippen LogP contribution is -2.63. The summed E-state index contributed by atoms with van der Waals surface area (Å²) in [6.07, 6.45) is 1.02. The fraction of sp³-hybridized carbons (Fsp3) is 1.00. The Morgan fingerprint density at radius 2 is 1.67 bits per heavy atom. The molecule has 15 heavy (non-hydrogen) atoms. The van der Waals surface area contributed by atoms with Crippen molar-refractivity contribution in [2.45, 2.75) is 72.3 Å². The lowest BCUT2D eigenvalue weighted by Gasteiger charge is -2.54. The Bertz CT molecular complexity index is 222. The van der Waals surface area contributed by atoms with Crippen molar-refractivity contribution in [1.82, 2.24) is 5.06 Å². The van der Waals surface area contributed by atoms with Crippen LogP contribution in [0.5, 0.6) is 0 Å². The molecule has 3 heteroatoms. The van der Waals surface area contributed by atoms with Crippen molar-refractivity contribution < 1.29 is 9.94 Å². The molecule has 0 saturated carbocycles. The van der Waals surface area contributed by atoms with Gasteiger partial charge in [0.1, 0.15) is 5.72 Å². The van der Waals surface area contributed by atoms with Gasteiger partial charge in [-0.15, -0.1) is 0 Å². The van der Waals surface area contributed by atoms with Crippen molar-refractivity contribution in [3.63, 3.8) is 0 Å². The predicted octanol–water partition coefficient (Wildman–Crippen LogP) is 3.03. The Labute approximate surface area is 93.4 Å². The predicted molar refractivity (Wildman–Crippen MR) is 60.7 cm³/mol. The largest absolute Gasteiger partial charge is 0.355 e. The van der Waals surface area contributed by atoms with E-state index in [0.717, 1.165) is 6.42 Å². The first-order chi connectivity index (χ1) is 6.47. The van der Waals surface area contributed by atoms with Crippen LogP contribution in [0.25, 0.3) is 0 Å². The van der Waals surface area contributed by atoms with Crippen molar-refractivity contribution in [2.75, 3.05) is 0 Å². The summed E-state index contributed by atoms with van der Waals surface area (Å²) in [7, 11) is 0. The molecule has 1 aliphatic rings. The Kier molecular flexibility index (Phi) is 2.97. The molecular weight excluding hydrogens is 190 g/mol. The van der Waals surface area contributed by atoms with Crippen molar-refractivity contribution in [1.29, 1.82) is 0 Å². The van der Waals surface area contributed by atoms with Gasteiger partial charge in [0.25, 0.3) is 0 Å². The quantitative estimate of drug-likeness (QED) is 0.674. The normalized spacial score (nSPS) is 31.6. The fourth-order valence-corrected chi connectivity index (χ4v) is 2.19. The van der Waals surface area contributed by atoms with Gasteiger partial charge in [0, 0.05) is 5.54 Å². The molecule has 0 radical (unpaired) electrons. The third-order valence-corrected chi connectivity index (χ3v) is 3.16. The molecule has 0 aromatic carbocycles. The van der Waals surface area contributed by atoms with Crippen molar-refractivity contribution in [3.8, 4) is 0 Å². The van der Waals surface area contributed by atoms with Crippen molar-refractivity contribution in [3.05, 3.63) is 0 Å². The molecule has 1 heterocycles. The maximum Gasteiger partial charge on any atom is 0.139 e. The number of rotatable bonds is 0. The average molecular weight is 215 g/mol. The van der Waals surface area contributed by atoms with Crippen LogP contribution < -0.4 is 0 Å². The van der Waals surface area contributed by atoms with Crippen molar-refractivity contribution >= 4 is 0 Å². The molecule has 1 aliphatic heterocycles. The molecule has 0 aromatic rings. The molecule has 1 rings (SSSR count). The Hall–Kier alpha value is -0.120. The van der Waals surface area contributed by atoms with E-state index < -0.39 is 5.72 Å². The van der Waals surface area contributed by atoms with E-state index in [-0.39, 0.29) is 17.1 Å². The van der Waals surface area contributed by atoms with Gasteiger partial charge in [-0.05, 0) is 39.5 Å². The summed E-state index contributed by atoms with van der Waals surface area (Å²) in [6.45, 7) is 14.5. The van der Waals surface area contributed by atoms with Gasteiger partial charge in [0.2, 0.25) is 0 Å². The summed E-state index contributed by atoms with van der Waals surface area (Å²) < 4.78 is 5.96. The summed E-state index contributed by atoms with van der Waals surface area (Å²) in [5.74, 6) is 0. The van der Waals surface area contributed by atoms with Gasteiger partial charge in [0.15, 0.2) is 0 Å². The van der Waals surface area contributed by atoms with Gasteiger partial charge >= 0.3 is 0 Å². The number of ether oxygens (including phenoxy) is 1. The average Bonchev–Trinajstić information content (AvgIpc) is 1.97. The van der Waals surface area contributed by atoms with Crippen LogP contribution >= 0.6 is 0 Å². The van der Waals surface area contributed by atoms with Crippen molar-refractivity contribution in [2.24, 2.45) is 5.41 Å². The van der Waals surface area contributed by atoms with Gasteiger partial charge in [-0.25, -0.2) is 0 Å². The van der Waals surface area contributed by atoms with E-state index >= 15 is 0 Å². The molecule has 1 fully saturated rings. The Morgan fingerprint density at radius 1 is 1.20 bits per heavy atom. The zero-order valence-electron chi connectivity index (χ0n) is 11.1. The number of hydroxylamine groups is 2. The van der Waals surface area contributed by atoms with Crippen LogP contribution in [0.2, 0.25) is 0 Å². The molecule has 0 aromatic heterocycles. The Balaban J connectivity index is 2.94. The first-order valence-corrected chi connectivity index (χ1v) is 5.64. The molecule has 0 aliphatic carbocycles. The van der Waals surface area contributed by atoms with Gasteiger partial charge in [-0.2, -0.15) is 5.06 Å². The minimum Gasteiger partial charge on any atom is -0.355 e. The third-order valence-electron chi connectivity index (χ3n) is 3.16. The summed E-state index contributed by atoms with van der Waals surface area (Å²) in [4.78, 5) is 0. The zero-order valence-corrected chi connectivity index (χ0v) is 11.1. The number of nitrogens with zero attached hydrogens (tertiary/aromatic N) is 1. The third kappa shape index (κ3) is 2.52. The second-order valence-corrected chi connectivity index (χ2v) is 6.75. The van der Waals surface area contributed by atoms with Crippen LogP contribution in [-0.4, -0.2) is 27.6 Å².